The Labute approximate surface area is 150 Å². The fraction of sp³-hybridized carbons (Fsp3) is 0.200. The van der Waals surface area contributed by atoms with Crippen LogP contribution in [0.1, 0.15) is 34.6 Å². The number of thiazole rings is 1. The van der Waals surface area contributed by atoms with Crippen LogP contribution < -0.4 is 0 Å². The van der Waals surface area contributed by atoms with Gasteiger partial charge in [-0.25, -0.2) is 9.37 Å². The lowest BCUT2D eigenvalue weighted by atomic mass is 10.1. The van der Waals surface area contributed by atoms with E-state index in [2.05, 4.69) is 4.98 Å². The van der Waals surface area contributed by atoms with E-state index in [1.165, 1.54) is 29.0 Å². The van der Waals surface area contributed by atoms with Crippen molar-refractivity contribution in [1.82, 2.24) is 9.88 Å². The third-order valence-electron chi connectivity index (χ3n) is 4.28. The van der Waals surface area contributed by atoms with E-state index in [-0.39, 0.29) is 17.8 Å². The van der Waals surface area contributed by atoms with Crippen LogP contribution in [0, 0.1) is 12.7 Å². The molecule has 3 rings (SSSR count). The van der Waals surface area contributed by atoms with Crippen molar-refractivity contribution in [3.05, 3.63) is 76.5 Å². The number of aromatic nitrogens is 1. The molecule has 0 fully saturated rings. The summed E-state index contributed by atoms with van der Waals surface area (Å²) in [5.74, 6) is -0.432. The van der Waals surface area contributed by atoms with Crippen LogP contribution in [0.25, 0.3) is 10.6 Å². The van der Waals surface area contributed by atoms with E-state index >= 15 is 0 Å². The Balaban J connectivity index is 1.78. The summed E-state index contributed by atoms with van der Waals surface area (Å²) in [7, 11) is 1.74. The minimum Gasteiger partial charge on any atom is -0.334 e. The van der Waals surface area contributed by atoms with Gasteiger partial charge in [0, 0.05) is 18.0 Å². The maximum absolute atomic E-state index is 13.1. The van der Waals surface area contributed by atoms with Crippen LogP contribution in [-0.2, 0) is 0 Å². The third-order valence-corrected chi connectivity index (χ3v) is 5.17. The van der Waals surface area contributed by atoms with E-state index in [0.717, 1.165) is 16.1 Å². The number of carbonyl (C=O) groups is 1. The van der Waals surface area contributed by atoms with Crippen LogP contribution in [0.5, 0.6) is 0 Å². The van der Waals surface area contributed by atoms with Gasteiger partial charge < -0.3 is 4.90 Å². The first-order valence-electron chi connectivity index (χ1n) is 8.01. The first-order valence-corrected chi connectivity index (χ1v) is 8.89. The van der Waals surface area contributed by atoms with Crippen molar-refractivity contribution in [2.24, 2.45) is 0 Å². The van der Waals surface area contributed by atoms with Crippen LogP contribution in [0.2, 0.25) is 0 Å². The van der Waals surface area contributed by atoms with Crippen molar-refractivity contribution in [2.75, 3.05) is 7.05 Å². The molecule has 0 saturated heterocycles. The van der Waals surface area contributed by atoms with Gasteiger partial charge in [-0.2, -0.15) is 0 Å². The molecule has 1 atom stereocenters. The quantitative estimate of drug-likeness (QED) is 0.654. The zero-order chi connectivity index (χ0) is 18.0. The van der Waals surface area contributed by atoms with Crippen molar-refractivity contribution < 1.29 is 9.18 Å². The number of hydrogen-bond acceptors (Lipinski definition) is 3. The smallest absolute Gasteiger partial charge is 0.273 e. The lowest BCUT2D eigenvalue weighted by Crippen LogP contribution is -2.29. The minimum atomic E-state index is -0.285. The van der Waals surface area contributed by atoms with Gasteiger partial charge >= 0.3 is 0 Å². The predicted octanol–water partition coefficient (Wildman–Crippen LogP) is 5.09. The van der Waals surface area contributed by atoms with Gasteiger partial charge in [0.1, 0.15) is 16.5 Å². The summed E-state index contributed by atoms with van der Waals surface area (Å²) in [6.07, 6.45) is 0. The van der Waals surface area contributed by atoms with Gasteiger partial charge in [0.05, 0.1) is 6.04 Å². The molecule has 0 aliphatic rings. The summed E-state index contributed by atoms with van der Waals surface area (Å²) in [5, 5.41) is 2.61. The highest BCUT2D eigenvalue weighted by Crippen LogP contribution is 2.26. The molecule has 3 aromatic rings. The second-order valence-corrected chi connectivity index (χ2v) is 6.91. The van der Waals surface area contributed by atoms with Gasteiger partial charge in [-0.3, -0.25) is 4.79 Å². The second-order valence-electron chi connectivity index (χ2n) is 6.05. The number of nitrogens with zero attached hydrogens (tertiary/aromatic N) is 2. The molecule has 1 unspecified atom stereocenters. The maximum atomic E-state index is 13.1. The largest absolute Gasteiger partial charge is 0.334 e. The molecule has 0 N–H and O–H groups in total. The molecule has 3 nitrogen and oxygen atoms in total. The lowest BCUT2D eigenvalue weighted by molar-refractivity contribution is 0.0737. The highest BCUT2D eigenvalue weighted by atomic mass is 32.1. The third kappa shape index (κ3) is 3.77. The second kappa shape index (κ2) is 7.15. The molecule has 2 aromatic carbocycles. The average molecular weight is 354 g/mol. The highest BCUT2D eigenvalue weighted by Gasteiger charge is 2.21. The van der Waals surface area contributed by atoms with Gasteiger partial charge in [-0.15, -0.1) is 11.3 Å². The fourth-order valence-corrected chi connectivity index (χ4v) is 3.32. The van der Waals surface area contributed by atoms with Crippen molar-refractivity contribution in [3.63, 3.8) is 0 Å². The maximum Gasteiger partial charge on any atom is 0.273 e. The van der Waals surface area contributed by atoms with E-state index in [1.54, 1.807) is 29.5 Å². The lowest BCUT2D eigenvalue weighted by Gasteiger charge is -2.24. The van der Waals surface area contributed by atoms with Crippen molar-refractivity contribution >= 4 is 17.2 Å². The van der Waals surface area contributed by atoms with Crippen molar-refractivity contribution in [2.45, 2.75) is 19.9 Å². The van der Waals surface area contributed by atoms with Crippen LogP contribution in [0.15, 0.2) is 53.9 Å². The molecule has 0 bridgehead atoms. The first kappa shape index (κ1) is 17.3. The van der Waals surface area contributed by atoms with Crippen LogP contribution >= 0.6 is 11.3 Å². The molecule has 25 heavy (non-hydrogen) atoms. The number of benzene rings is 2. The molecule has 0 aliphatic heterocycles. The van der Waals surface area contributed by atoms with Crippen LogP contribution in [0.4, 0.5) is 4.39 Å². The SMILES string of the molecule is Cc1ccc(-c2nc(C(=O)N(C)C(C)c3ccc(F)cc3)cs2)cc1. The fourth-order valence-electron chi connectivity index (χ4n) is 2.52. The molecular weight excluding hydrogens is 335 g/mol. The Hall–Kier alpha value is -2.53. The van der Waals surface area contributed by atoms with E-state index in [0.29, 0.717) is 5.69 Å². The number of carbonyl (C=O) groups excluding carboxylic acids is 1. The molecule has 1 aromatic heterocycles. The summed E-state index contributed by atoms with van der Waals surface area (Å²) in [6.45, 7) is 3.95. The number of halogens is 1. The number of rotatable bonds is 4. The van der Waals surface area contributed by atoms with E-state index in [1.807, 2.05) is 38.1 Å². The topological polar surface area (TPSA) is 33.2 Å². The van der Waals surface area contributed by atoms with Gasteiger partial charge in [-0.05, 0) is 31.5 Å². The first-order chi connectivity index (χ1) is 12.0. The van der Waals surface area contributed by atoms with Crippen LogP contribution in [0.3, 0.4) is 0 Å². The van der Waals surface area contributed by atoms with Crippen molar-refractivity contribution in [3.8, 4) is 10.6 Å². The molecule has 0 radical (unpaired) electrons. The summed E-state index contributed by atoms with van der Waals surface area (Å²) in [5.41, 5.74) is 3.50. The van der Waals surface area contributed by atoms with Gasteiger partial charge in [0.15, 0.2) is 0 Å². The number of aryl methyl sites for hydroxylation is 1. The highest BCUT2D eigenvalue weighted by molar-refractivity contribution is 7.13. The molecule has 5 heteroatoms. The summed E-state index contributed by atoms with van der Waals surface area (Å²) in [4.78, 5) is 18.8. The summed E-state index contributed by atoms with van der Waals surface area (Å²) >= 11 is 1.46. The van der Waals surface area contributed by atoms with Crippen molar-refractivity contribution in [1.29, 1.82) is 0 Å². The molecule has 0 saturated carbocycles. The van der Waals surface area contributed by atoms with Crippen LogP contribution in [-0.4, -0.2) is 22.8 Å². The standard InChI is InChI=1S/C20H19FN2OS/c1-13-4-6-16(7-5-13)19-22-18(12-25-19)20(24)23(3)14(2)15-8-10-17(21)11-9-15/h4-12,14H,1-3H3. The molecule has 0 spiro atoms. The monoisotopic (exact) mass is 354 g/mol. The normalized spacial score (nSPS) is 12.0. The van der Waals surface area contributed by atoms with E-state index < -0.39 is 0 Å². The molecule has 128 valence electrons. The summed E-state index contributed by atoms with van der Waals surface area (Å²) < 4.78 is 13.1. The average Bonchev–Trinajstić information content (AvgIpc) is 3.11. The molecule has 0 aliphatic carbocycles. The Bertz CT molecular complexity index is 871. The zero-order valence-corrected chi connectivity index (χ0v) is 15.2. The molecular formula is C20H19FN2OS. The van der Waals surface area contributed by atoms with E-state index in [9.17, 15) is 9.18 Å². The number of amides is 1. The molecule has 1 heterocycles. The zero-order valence-electron chi connectivity index (χ0n) is 14.4. The minimum absolute atomic E-state index is 0.147. The Kier molecular flexibility index (Phi) is 4.95. The predicted molar refractivity (Wildman–Crippen MR) is 99.2 cm³/mol. The summed E-state index contributed by atoms with van der Waals surface area (Å²) in [6, 6.07) is 14.1. The Morgan fingerprint density at radius 3 is 2.40 bits per heavy atom. The van der Waals surface area contributed by atoms with Gasteiger partial charge in [0.2, 0.25) is 0 Å². The Morgan fingerprint density at radius 2 is 1.76 bits per heavy atom. The Morgan fingerprint density at radius 1 is 1.12 bits per heavy atom. The van der Waals surface area contributed by atoms with Gasteiger partial charge in [-0.1, -0.05) is 42.0 Å². The van der Waals surface area contributed by atoms with E-state index in [4.69, 9.17) is 0 Å². The number of hydrogen-bond donors (Lipinski definition) is 0. The van der Waals surface area contributed by atoms with Gasteiger partial charge in [0.25, 0.3) is 5.91 Å². The molecule has 1 amide bonds.